The largest absolute Gasteiger partial charge is 0.317 e. The number of rotatable bonds is 6. The van der Waals surface area contributed by atoms with Crippen molar-refractivity contribution in [2.45, 2.75) is 25.3 Å². The molecule has 2 nitrogen and oxygen atoms in total. The molecule has 0 saturated heterocycles. The fourth-order valence-corrected chi connectivity index (χ4v) is 2.40. The lowest BCUT2D eigenvalue weighted by Crippen LogP contribution is -2.28. The van der Waals surface area contributed by atoms with Gasteiger partial charge in [-0.3, -0.25) is 4.98 Å². The molecule has 0 spiro atoms. The maximum Gasteiger partial charge on any atom is 0.145 e. The smallest absolute Gasteiger partial charge is 0.145 e. The van der Waals surface area contributed by atoms with E-state index in [4.69, 9.17) is 11.6 Å². The average molecular weight is 293 g/mol. The van der Waals surface area contributed by atoms with Gasteiger partial charge in [-0.05, 0) is 55.6 Å². The number of aromatic nitrogens is 1. The molecule has 2 aromatic rings. The minimum atomic E-state index is -0.307. The molecule has 1 N–H and O–H groups in total. The first-order chi connectivity index (χ1) is 9.70. The minimum absolute atomic E-state index is 0.187. The number of halogens is 2. The monoisotopic (exact) mass is 292 g/mol. The van der Waals surface area contributed by atoms with Crippen molar-refractivity contribution in [3.8, 4) is 0 Å². The normalized spacial score (nSPS) is 12.3. The topological polar surface area (TPSA) is 24.9 Å². The number of aryl methyl sites for hydroxylation is 1. The van der Waals surface area contributed by atoms with Crippen LogP contribution in [0.25, 0.3) is 0 Å². The van der Waals surface area contributed by atoms with Crippen LogP contribution in [0.3, 0.4) is 0 Å². The van der Waals surface area contributed by atoms with Crippen molar-refractivity contribution >= 4 is 11.6 Å². The summed E-state index contributed by atoms with van der Waals surface area (Å²) in [6.07, 6.45) is 6.09. The average Bonchev–Trinajstić information content (AvgIpc) is 2.49. The van der Waals surface area contributed by atoms with Gasteiger partial charge in [0.1, 0.15) is 5.82 Å². The fraction of sp³-hybridized carbons (Fsp3) is 0.312. The van der Waals surface area contributed by atoms with E-state index in [-0.39, 0.29) is 16.9 Å². The third-order valence-electron chi connectivity index (χ3n) is 3.44. The van der Waals surface area contributed by atoms with Crippen molar-refractivity contribution in [3.63, 3.8) is 0 Å². The first kappa shape index (κ1) is 14.9. The van der Waals surface area contributed by atoms with Crippen LogP contribution in [-0.4, -0.2) is 18.1 Å². The molecule has 0 aliphatic heterocycles. The molecule has 1 heterocycles. The first-order valence-electron chi connectivity index (χ1n) is 6.69. The van der Waals surface area contributed by atoms with Gasteiger partial charge in [-0.15, -0.1) is 0 Å². The maximum atomic E-state index is 13.9. The standard InChI is InChI=1S/C16H18ClFN2/c1-19-14(6-5-12-7-9-20-10-8-12)11-13-3-2-4-15(17)16(13)18/h2-4,7-10,14,19H,5-6,11H2,1H3. The zero-order valence-electron chi connectivity index (χ0n) is 11.4. The summed E-state index contributed by atoms with van der Waals surface area (Å²) < 4.78 is 13.9. The zero-order valence-corrected chi connectivity index (χ0v) is 12.2. The summed E-state index contributed by atoms with van der Waals surface area (Å²) in [6, 6.07) is 9.38. The molecule has 0 fully saturated rings. The van der Waals surface area contributed by atoms with E-state index in [1.807, 2.05) is 19.2 Å². The van der Waals surface area contributed by atoms with E-state index < -0.39 is 0 Å². The van der Waals surface area contributed by atoms with Crippen LogP contribution >= 0.6 is 11.6 Å². The van der Waals surface area contributed by atoms with Gasteiger partial charge in [-0.1, -0.05) is 23.7 Å². The second kappa shape index (κ2) is 7.36. The van der Waals surface area contributed by atoms with Gasteiger partial charge < -0.3 is 5.32 Å². The molecule has 0 aliphatic carbocycles. The Hall–Kier alpha value is -1.45. The summed E-state index contributed by atoms with van der Waals surface area (Å²) in [5, 5.41) is 3.43. The number of benzene rings is 1. The summed E-state index contributed by atoms with van der Waals surface area (Å²) in [4.78, 5) is 4.00. The van der Waals surface area contributed by atoms with E-state index in [1.165, 1.54) is 5.56 Å². The Bertz CT molecular complexity index is 545. The van der Waals surface area contributed by atoms with Crippen LogP contribution in [0.1, 0.15) is 17.5 Å². The van der Waals surface area contributed by atoms with Crippen LogP contribution in [0.15, 0.2) is 42.7 Å². The highest BCUT2D eigenvalue weighted by molar-refractivity contribution is 6.30. The van der Waals surface area contributed by atoms with Gasteiger partial charge in [-0.25, -0.2) is 4.39 Å². The summed E-state index contributed by atoms with van der Waals surface area (Å²) in [6.45, 7) is 0. The highest BCUT2D eigenvalue weighted by Crippen LogP contribution is 2.20. The molecule has 2 rings (SSSR count). The van der Waals surface area contributed by atoms with Crippen LogP contribution in [0.5, 0.6) is 0 Å². The highest BCUT2D eigenvalue weighted by Gasteiger charge is 2.12. The molecule has 0 amide bonds. The van der Waals surface area contributed by atoms with Gasteiger partial charge in [-0.2, -0.15) is 0 Å². The molecule has 0 bridgehead atoms. The maximum absolute atomic E-state index is 13.9. The number of likely N-dealkylation sites (N-methyl/N-ethyl adjacent to an activating group) is 1. The number of nitrogens with zero attached hydrogens (tertiary/aromatic N) is 1. The molecule has 1 unspecified atom stereocenters. The van der Waals surface area contributed by atoms with Gasteiger partial charge in [0.2, 0.25) is 0 Å². The molecule has 0 aliphatic rings. The summed E-state index contributed by atoms with van der Waals surface area (Å²) in [5.74, 6) is -0.307. The Morgan fingerprint density at radius 1 is 1.25 bits per heavy atom. The van der Waals surface area contributed by atoms with Crippen LogP contribution < -0.4 is 5.32 Å². The molecule has 0 radical (unpaired) electrons. The Morgan fingerprint density at radius 3 is 2.70 bits per heavy atom. The SMILES string of the molecule is CNC(CCc1ccncc1)Cc1cccc(Cl)c1F. The van der Waals surface area contributed by atoms with Gasteiger partial charge in [0.15, 0.2) is 0 Å². The van der Waals surface area contributed by atoms with Crippen molar-refractivity contribution in [2.75, 3.05) is 7.05 Å². The molecule has 0 saturated carbocycles. The van der Waals surface area contributed by atoms with Crippen molar-refractivity contribution in [1.82, 2.24) is 10.3 Å². The third kappa shape index (κ3) is 4.02. The molecule has 4 heteroatoms. The molecule has 1 aromatic carbocycles. The van der Waals surface area contributed by atoms with Crippen molar-refractivity contribution in [1.29, 1.82) is 0 Å². The Balaban J connectivity index is 1.97. The van der Waals surface area contributed by atoms with Crippen LogP contribution in [-0.2, 0) is 12.8 Å². The van der Waals surface area contributed by atoms with Gasteiger partial charge in [0.25, 0.3) is 0 Å². The van der Waals surface area contributed by atoms with Crippen LogP contribution in [0.2, 0.25) is 5.02 Å². The van der Waals surface area contributed by atoms with Crippen molar-refractivity contribution in [3.05, 3.63) is 64.7 Å². The lowest BCUT2D eigenvalue weighted by Gasteiger charge is -2.17. The summed E-state index contributed by atoms with van der Waals surface area (Å²) in [7, 11) is 1.90. The molecule has 1 aromatic heterocycles. The number of hydrogen-bond donors (Lipinski definition) is 1. The van der Waals surface area contributed by atoms with Gasteiger partial charge in [0.05, 0.1) is 5.02 Å². The van der Waals surface area contributed by atoms with Crippen molar-refractivity contribution in [2.24, 2.45) is 0 Å². The van der Waals surface area contributed by atoms with Crippen LogP contribution in [0, 0.1) is 5.82 Å². The second-order valence-electron chi connectivity index (χ2n) is 4.80. The number of nitrogens with one attached hydrogen (secondary N) is 1. The third-order valence-corrected chi connectivity index (χ3v) is 3.73. The second-order valence-corrected chi connectivity index (χ2v) is 5.20. The number of pyridine rings is 1. The summed E-state index contributed by atoms with van der Waals surface area (Å²) >= 11 is 5.81. The quantitative estimate of drug-likeness (QED) is 0.879. The first-order valence-corrected chi connectivity index (χ1v) is 7.07. The Labute approximate surface area is 124 Å². The van der Waals surface area contributed by atoms with E-state index in [9.17, 15) is 4.39 Å². The Kier molecular flexibility index (Phi) is 5.50. The van der Waals surface area contributed by atoms with E-state index in [2.05, 4.69) is 10.3 Å². The van der Waals surface area contributed by atoms with Gasteiger partial charge in [0, 0.05) is 18.4 Å². The fourth-order valence-electron chi connectivity index (χ4n) is 2.21. The minimum Gasteiger partial charge on any atom is -0.317 e. The van der Waals surface area contributed by atoms with E-state index in [0.717, 1.165) is 12.8 Å². The Morgan fingerprint density at radius 2 is 2.00 bits per heavy atom. The van der Waals surface area contributed by atoms with E-state index >= 15 is 0 Å². The summed E-state index contributed by atoms with van der Waals surface area (Å²) in [5.41, 5.74) is 1.90. The van der Waals surface area contributed by atoms with E-state index in [0.29, 0.717) is 12.0 Å². The van der Waals surface area contributed by atoms with Crippen molar-refractivity contribution < 1.29 is 4.39 Å². The molecular formula is C16H18ClFN2. The van der Waals surface area contributed by atoms with Gasteiger partial charge >= 0.3 is 0 Å². The molecular weight excluding hydrogens is 275 g/mol. The molecule has 20 heavy (non-hydrogen) atoms. The molecule has 1 atom stereocenters. The number of hydrogen-bond acceptors (Lipinski definition) is 2. The highest BCUT2D eigenvalue weighted by atomic mass is 35.5. The van der Waals surface area contributed by atoms with E-state index in [1.54, 1.807) is 30.6 Å². The molecule has 106 valence electrons. The lowest BCUT2D eigenvalue weighted by atomic mass is 9.99. The zero-order chi connectivity index (χ0) is 14.4. The lowest BCUT2D eigenvalue weighted by molar-refractivity contribution is 0.504. The predicted molar refractivity (Wildman–Crippen MR) is 80.5 cm³/mol. The van der Waals surface area contributed by atoms with Crippen LogP contribution in [0.4, 0.5) is 4.39 Å². The predicted octanol–water partition coefficient (Wildman–Crippen LogP) is 3.64.